The normalized spacial score (nSPS) is 18.4. The highest BCUT2D eigenvalue weighted by Gasteiger charge is 2.35. The van der Waals surface area contributed by atoms with Gasteiger partial charge < -0.3 is 10.5 Å². The van der Waals surface area contributed by atoms with Crippen molar-refractivity contribution in [3.8, 4) is 5.75 Å². The van der Waals surface area contributed by atoms with E-state index in [9.17, 15) is 0 Å². The number of hydrogen-bond donors (Lipinski definition) is 1. The predicted molar refractivity (Wildman–Crippen MR) is 71.7 cm³/mol. The van der Waals surface area contributed by atoms with Crippen LogP contribution in [-0.4, -0.2) is 13.7 Å². The minimum absolute atomic E-state index is 0.223. The van der Waals surface area contributed by atoms with Gasteiger partial charge in [-0.3, -0.25) is 0 Å². The molecule has 1 fully saturated rings. The maximum Gasteiger partial charge on any atom is 0.122 e. The van der Waals surface area contributed by atoms with Gasteiger partial charge in [0.15, 0.2) is 0 Å². The van der Waals surface area contributed by atoms with Gasteiger partial charge in [-0.25, -0.2) is 0 Å². The lowest BCUT2D eigenvalue weighted by molar-refractivity contribution is 0.408. The molecule has 0 unspecified atom stereocenters. The number of ether oxygens (including phenoxy) is 1. The van der Waals surface area contributed by atoms with Gasteiger partial charge in [0.1, 0.15) is 5.75 Å². The molecule has 2 N–H and O–H groups in total. The average Bonchev–Trinajstić information content (AvgIpc) is 2.82. The smallest absolute Gasteiger partial charge is 0.122 e. The second kappa shape index (κ2) is 4.69. The Morgan fingerprint density at radius 1 is 1.18 bits per heavy atom. The lowest BCUT2D eigenvalue weighted by Crippen LogP contribution is -2.33. The zero-order valence-corrected chi connectivity index (χ0v) is 11.2. The van der Waals surface area contributed by atoms with E-state index >= 15 is 0 Å². The van der Waals surface area contributed by atoms with E-state index in [4.69, 9.17) is 10.5 Å². The second-order valence-electron chi connectivity index (χ2n) is 5.26. The first kappa shape index (κ1) is 12.4. The van der Waals surface area contributed by atoms with E-state index in [2.05, 4.69) is 26.0 Å². The highest BCUT2D eigenvalue weighted by Crippen LogP contribution is 2.43. The van der Waals surface area contributed by atoms with Gasteiger partial charge >= 0.3 is 0 Å². The Kier molecular flexibility index (Phi) is 3.43. The van der Waals surface area contributed by atoms with E-state index in [0.29, 0.717) is 0 Å². The second-order valence-corrected chi connectivity index (χ2v) is 5.26. The predicted octanol–water partition coefficient (Wildman–Crippen LogP) is 3.08. The Balaban J connectivity index is 2.48. The number of hydrogen-bond acceptors (Lipinski definition) is 2. The molecule has 0 saturated heterocycles. The van der Waals surface area contributed by atoms with Crippen LogP contribution in [0.1, 0.15) is 42.4 Å². The van der Waals surface area contributed by atoms with Crippen LogP contribution in [0.5, 0.6) is 5.75 Å². The van der Waals surface area contributed by atoms with Crippen molar-refractivity contribution in [2.75, 3.05) is 13.7 Å². The first-order chi connectivity index (χ1) is 8.14. The van der Waals surface area contributed by atoms with Crippen molar-refractivity contribution in [3.63, 3.8) is 0 Å². The van der Waals surface area contributed by atoms with E-state index < -0.39 is 0 Å². The minimum atomic E-state index is 0.223. The highest BCUT2D eigenvalue weighted by atomic mass is 16.5. The molecule has 2 rings (SSSR count). The molecule has 2 heteroatoms. The van der Waals surface area contributed by atoms with E-state index in [1.165, 1.54) is 42.4 Å². The Morgan fingerprint density at radius 3 is 2.35 bits per heavy atom. The Morgan fingerprint density at radius 2 is 1.82 bits per heavy atom. The minimum Gasteiger partial charge on any atom is -0.496 e. The number of methoxy groups -OCH3 is 1. The molecular weight excluding hydrogens is 210 g/mol. The fourth-order valence-electron chi connectivity index (χ4n) is 3.23. The molecule has 0 atom stereocenters. The summed E-state index contributed by atoms with van der Waals surface area (Å²) in [6.07, 6.45) is 5.08. The van der Waals surface area contributed by atoms with E-state index in [-0.39, 0.29) is 5.41 Å². The first-order valence-corrected chi connectivity index (χ1v) is 6.49. The molecule has 17 heavy (non-hydrogen) atoms. The summed E-state index contributed by atoms with van der Waals surface area (Å²) in [6.45, 7) is 5.10. The van der Waals surface area contributed by atoms with Crippen LogP contribution in [0.15, 0.2) is 12.1 Å². The van der Waals surface area contributed by atoms with Crippen molar-refractivity contribution in [1.82, 2.24) is 0 Å². The van der Waals surface area contributed by atoms with Gasteiger partial charge in [0.25, 0.3) is 0 Å². The van der Waals surface area contributed by atoms with Crippen LogP contribution in [0.4, 0.5) is 0 Å². The fourth-order valence-corrected chi connectivity index (χ4v) is 3.23. The lowest BCUT2D eigenvalue weighted by atomic mass is 9.76. The van der Waals surface area contributed by atoms with E-state index in [1.54, 1.807) is 7.11 Å². The third kappa shape index (κ3) is 1.95. The van der Waals surface area contributed by atoms with Gasteiger partial charge in [0.05, 0.1) is 7.11 Å². The summed E-state index contributed by atoms with van der Waals surface area (Å²) in [5.41, 5.74) is 10.3. The molecule has 1 aliphatic rings. The first-order valence-electron chi connectivity index (χ1n) is 6.49. The molecule has 1 aromatic carbocycles. The van der Waals surface area contributed by atoms with Gasteiger partial charge in [0.2, 0.25) is 0 Å². The maximum atomic E-state index is 6.06. The molecule has 0 spiro atoms. The summed E-state index contributed by atoms with van der Waals surface area (Å²) < 4.78 is 5.38. The largest absolute Gasteiger partial charge is 0.496 e. The van der Waals surface area contributed by atoms with Crippen molar-refractivity contribution in [3.05, 3.63) is 28.8 Å². The van der Waals surface area contributed by atoms with Gasteiger partial charge in [-0.15, -0.1) is 0 Å². The van der Waals surface area contributed by atoms with Crippen molar-refractivity contribution >= 4 is 0 Å². The fraction of sp³-hybridized carbons (Fsp3) is 0.600. The van der Waals surface area contributed by atoms with Gasteiger partial charge in [-0.2, -0.15) is 0 Å². The molecule has 0 amide bonds. The molecule has 0 radical (unpaired) electrons. The molecule has 0 bridgehead atoms. The third-order valence-corrected chi connectivity index (χ3v) is 4.48. The zero-order chi connectivity index (χ0) is 12.5. The van der Waals surface area contributed by atoms with Crippen LogP contribution in [0, 0.1) is 13.8 Å². The van der Waals surface area contributed by atoms with Crippen LogP contribution in [0.2, 0.25) is 0 Å². The lowest BCUT2D eigenvalue weighted by Gasteiger charge is -2.30. The Hall–Kier alpha value is -1.02. The topological polar surface area (TPSA) is 35.2 Å². The third-order valence-electron chi connectivity index (χ3n) is 4.48. The average molecular weight is 233 g/mol. The Bertz CT molecular complexity index is 406. The summed E-state index contributed by atoms with van der Waals surface area (Å²) in [5, 5.41) is 0. The van der Waals surface area contributed by atoms with Crippen molar-refractivity contribution in [2.24, 2.45) is 5.73 Å². The van der Waals surface area contributed by atoms with E-state index in [1.807, 2.05) is 0 Å². The van der Waals surface area contributed by atoms with Gasteiger partial charge in [0, 0.05) is 12.0 Å². The summed E-state index contributed by atoms with van der Waals surface area (Å²) in [7, 11) is 1.73. The van der Waals surface area contributed by atoms with Crippen molar-refractivity contribution in [2.45, 2.75) is 44.9 Å². The number of nitrogens with two attached hydrogens (primary N) is 1. The van der Waals surface area contributed by atoms with Crippen molar-refractivity contribution in [1.29, 1.82) is 0 Å². The van der Waals surface area contributed by atoms with Crippen LogP contribution in [0.25, 0.3) is 0 Å². The molecule has 1 saturated carbocycles. The summed E-state index contributed by atoms with van der Waals surface area (Å²) in [4.78, 5) is 0. The zero-order valence-electron chi connectivity index (χ0n) is 11.2. The van der Waals surface area contributed by atoms with Crippen LogP contribution in [-0.2, 0) is 5.41 Å². The highest BCUT2D eigenvalue weighted by molar-refractivity contribution is 5.47. The monoisotopic (exact) mass is 233 g/mol. The number of benzene rings is 1. The van der Waals surface area contributed by atoms with E-state index in [0.717, 1.165) is 12.3 Å². The Labute approximate surface area is 104 Å². The van der Waals surface area contributed by atoms with Gasteiger partial charge in [-0.1, -0.05) is 18.9 Å². The van der Waals surface area contributed by atoms with Gasteiger partial charge in [-0.05, 0) is 49.4 Å². The SMILES string of the molecule is COc1ccc(C2(CN)CCCC2)c(C)c1C. The maximum absolute atomic E-state index is 6.06. The molecule has 94 valence electrons. The molecular formula is C15H23NO. The van der Waals surface area contributed by atoms with Crippen LogP contribution >= 0.6 is 0 Å². The molecule has 1 aliphatic carbocycles. The number of rotatable bonds is 3. The standard InChI is InChI=1S/C15H23NO/c1-11-12(2)14(17-3)7-6-13(11)15(10-16)8-4-5-9-15/h6-7H,4-5,8-10,16H2,1-3H3. The summed E-state index contributed by atoms with van der Waals surface area (Å²) in [5.74, 6) is 0.983. The van der Waals surface area contributed by atoms with Crippen molar-refractivity contribution < 1.29 is 4.74 Å². The molecule has 2 nitrogen and oxygen atoms in total. The quantitative estimate of drug-likeness (QED) is 0.870. The summed E-state index contributed by atoms with van der Waals surface area (Å²) >= 11 is 0. The molecule has 1 aromatic rings. The molecule has 0 aromatic heterocycles. The summed E-state index contributed by atoms with van der Waals surface area (Å²) in [6, 6.07) is 4.31. The van der Waals surface area contributed by atoms with Crippen LogP contribution in [0.3, 0.4) is 0 Å². The molecule has 0 aliphatic heterocycles. The van der Waals surface area contributed by atoms with Crippen LogP contribution < -0.4 is 10.5 Å². The molecule has 0 heterocycles.